The fraction of sp³-hybridized carbons (Fsp3) is 1.00. The maximum absolute atomic E-state index is 8.83. The minimum atomic E-state index is 0.229. The molecule has 12 heavy (non-hydrogen) atoms. The third-order valence-corrected chi connectivity index (χ3v) is 2.17. The molecule has 1 unspecified atom stereocenters. The second-order valence-electron chi connectivity index (χ2n) is 3.48. The summed E-state index contributed by atoms with van der Waals surface area (Å²) >= 11 is 0. The molecular formula is C9H22N2O. The van der Waals surface area contributed by atoms with Crippen LogP contribution in [0.2, 0.25) is 0 Å². The van der Waals surface area contributed by atoms with Gasteiger partial charge >= 0.3 is 0 Å². The summed E-state index contributed by atoms with van der Waals surface area (Å²) < 4.78 is 0. The van der Waals surface area contributed by atoms with Crippen molar-refractivity contribution in [1.29, 1.82) is 0 Å². The molecule has 3 N–H and O–H groups in total. The average molecular weight is 174 g/mol. The zero-order valence-corrected chi connectivity index (χ0v) is 8.45. The standard InChI is InChI=1S/C9H22N2O/c1-8(2)11(6-7-12)9(3)4-5-10/h8-9,12H,4-7,10H2,1-3H3. The van der Waals surface area contributed by atoms with E-state index in [4.69, 9.17) is 10.8 Å². The summed E-state index contributed by atoms with van der Waals surface area (Å²) in [6, 6.07) is 0.959. The van der Waals surface area contributed by atoms with Crippen LogP contribution in [0, 0.1) is 0 Å². The van der Waals surface area contributed by atoms with Crippen LogP contribution in [-0.4, -0.2) is 41.8 Å². The fourth-order valence-corrected chi connectivity index (χ4v) is 1.51. The molecule has 0 fully saturated rings. The predicted molar refractivity (Wildman–Crippen MR) is 52.1 cm³/mol. The van der Waals surface area contributed by atoms with Crippen molar-refractivity contribution in [1.82, 2.24) is 4.90 Å². The normalized spacial score (nSPS) is 14.2. The summed E-state index contributed by atoms with van der Waals surface area (Å²) in [7, 11) is 0. The van der Waals surface area contributed by atoms with E-state index in [1.165, 1.54) is 0 Å². The van der Waals surface area contributed by atoms with Crippen LogP contribution in [0.25, 0.3) is 0 Å². The van der Waals surface area contributed by atoms with E-state index in [-0.39, 0.29) is 6.61 Å². The number of aliphatic hydroxyl groups is 1. The molecule has 0 spiro atoms. The minimum absolute atomic E-state index is 0.229. The summed E-state index contributed by atoms with van der Waals surface area (Å²) in [4.78, 5) is 2.27. The van der Waals surface area contributed by atoms with Crippen LogP contribution < -0.4 is 5.73 Å². The Kier molecular flexibility index (Phi) is 6.34. The first-order valence-electron chi connectivity index (χ1n) is 4.70. The summed E-state index contributed by atoms with van der Waals surface area (Å²) in [5.41, 5.74) is 5.47. The molecule has 0 aliphatic rings. The zero-order chi connectivity index (χ0) is 9.56. The molecule has 0 bridgehead atoms. The van der Waals surface area contributed by atoms with Crippen molar-refractivity contribution in [2.75, 3.05) is 19.7 Å². The maximum atomic E-state index is 8.83. The Morgan fingerprint density at radius 3 is 2.25 bits per heavy atom. The summed E-state index contributed by atoms with van der Waals surface area (Å²) in [5.74, 6) is 0. The van der Waals surface area contributed by atoms with E-state index in [0.717, 1.165) is 19.5 Å². The first-order chi connectivity index (χ1) is 5.63. The zero-order valence-electron chi connectivity index (χ0n) is 8.45. The van der Waals surface area contributed by atoms with Crippen LogP contribution in [0.3, 0.4) is 0 Å². The first-order valence-corrected chi connectivity index (χ1v) is 4.70. The molecule has 3 nitrogen and oxygen atoms in total. The second-order valence-corrected chi connectivity index (χ2v) is 3.48. The fourth-order valence-electron chi connectivity index (χ4n) is 1.51. The molecule has 0 radical (unpaired) electrons. The van der Waals surface area contributed by atoms with Gasteiger partial charge < -0.3 is 10.8 Å². The van der Waals surface area contributed by atoms with E-state index in [1.807, 2.05) is 0 Å². The Bertz CT molecular complexity index is 107. The largest absolute Gasteiger partial charge is 0.395 e. The average Bonchev–Trinajstić information content (AvgIpc) is 1.99. The van der Waals surface area contributed by atoms with E-state index >= 15 is 0 Å². The Hall–Kier alpha value is -0.120. The number of aliphatic hydroxyl groups excluding tert-OH is 1. The number of nitrogens with two attached hydrogens (primary N) is 1. The molecule has 0 aliphatic carbocycles. The molecule has 3 heteroatoms. The number of nitrogens with zero attached hydrogens (tertiary/aromatic N) is 1. The molecule has 0 aliphatic heterocycles. The lowest BCUT2D eigenvalue weighted by Crippen LogP contribution is -2.41. The van der Waals surface area contributed by atoms with E-state index in [9.17, 15) is 0 Å². The smallest absolute Gasteiger partial charge is 0.0558 e. The van der Waals surface area contributed by atoms with Crippen molar-refractivity contribution in [2.24, 2.45) is 5.73 Å². The van der Waals surface area contributed by atoms with Crippen molar-refractivity contribution < 1.29 is 5.11 Å². The van der Waals surface area contributed by atoms with E-state index in [2.05, 4.69) is 25.7 Å². The van der Waals surface area contributed by atoms with Crippen molar-refractivity contribution in [2.45, 2.75) is 39.3 Å². The van der Waals surface area contributed by atoms with Gasteiger partial charge in [0.1, 0.15) is 0 Å². The molecule has 0 rings (SSSR count). The second kappa shape index (κ2) is 6.40. The Labute approximate surface area is 75.6 Å². The van der Waals surface area contributed by atoms with E-state index < -0.39 is 0 Å². The van der Waals surface area contributed by atoms with Crippen LogP contribution in [0.15, 0.2) is 0 Å². The highest BCUT2D eigenvalue weighted by Gasteiger charge is 2.14. The van der Waals surface area contributed by atoms with Crippen molar-refractivity contribution in [3.63, 3.8) is 0 Å². The van der Waals surface area contributed by atoms with Gasteiger partial charge in [0.2, 0.25) is 0 Å². The van der Waals surface area contributed by atoms with Gasteiger partial charge in [0.25, 0.3) is 0 Å². The lowest BCUT2D eigenvalue weighted by molar-refractivity contribution is 0.122. The third kappa shape index (κ3) is 4.04. The number of hydrogen-bond donors (Lipinski definition) is 2. The van der Waals surface area contributed by atoms with Crippen LogP contribution in [0.4, 0.5) is 0 Å². The monoisotopic (exact) mass is 174 g/mol. The first kappa shape index (κ1) is 11.9. The summed E-state index contributed by atoms with van der Waals surface area (Å²) in [6.07, 6.45) is 0.998. The number of hydrogen-bond acceptors (Lipinski definition) is 3. The highest BCUT2D eigenvalue weighted by molar-refractivity contribution is 4.70. The third-order valence-electron chi connectivity index (χ3n) is 2.17. The molecule has 74 valence electrons. The Balaban J connectivity index is 3.90. The van der Waals surface area contributed by atoms with Gasteiger partial charge in [-0.2, -0.15) is 0 Å². The molecule has 0 aromatic rings. The SMILES string of the molecule is CC(C)N(CCO)C(C)CCN. The molecule has 0 aromatic heterocycles. The van der Waals surface area contributed by atoms with Crippen LogP contribution in [0.5, 0.6) is 0 Å². The highest BCUT2D eigenvalue weighted by Crippen LogP contribution is 2.06. The lowest BCUT2D eigenvalue weighted by atomic mass is 10.1. The van der Waals surface area contributed by atoms with Gasteiger partial charge in [0, 0.05) is 18.6 Å². The number of rotatable bonds is 6. The van der Waals surface area contributed by atoms with Gasteiger partial charge in [-0.1, -0.05) is 0 Å². The highest BCUT2D eigenvalue weighted by atomic mass is 16.3. The minimum Gasteiger partial charge on any atom is -0.395 e. The van der Waals surface area contributed by atoms with Crippen LogP contribution in [0.1, 0.15) is 27.2 Å². The van der Waals surface area contributed by atoms with Gasteiger partial charge in [0.05, 0.1) is 6.61 Å². The van der Waals surface area contributed by atoms with E-state index in [0.29, 0.717) is 12.1 Å². The predicted octanol–water partition coefficient (Wildman–Crippen LogP) is 0.426. The van der Waals surface area contributed by atoms with Gasteiger partial charge in [-0.05, 0) is 33.7 Å². The topological polar surface area (TPSA) is 49.5 Å². The molecule has 0 saturated carbocycles. The Morgan fingerprint density at radius 1 is 1.33 bits per heavy atom. The molecule has 1 atom stereocenters. The lowest BCUT2D eigenvalue weighted by Gasteiger charge is -2.31. The molecule has 0 saturated heterocycles. The van der Waals surface area contributed by atoms with Gasteiger partial charge in [-0.25, -0.2) is 0 Å². The van der Waals surface area contributed by atoms with Gasteiger partial charge in [0.15, 0.2) is 0 Å². The quantitative estimate of drug-likeness (QED) is 0.614. The molecule has 0 heterocycles. The van der Waals surface area contributed by atoms with Crippen LogP contribution >= 0.6 is 0 Å². The molecule has 0 amide bonds. The van der Waals surface area contributed by atoms with Crippen molar-refractivity contribution in [3.8, 4) is 0 Å². The van der Waals surface area contributed by atoms with Gasteiger partial charge in [-0.15, -0.1) is 0 Å². The van der Waals surface area contributed by atoms with Gasteiger partial charge in [-0.3, -0.25) is 4.90 Å². The van der Waals surface area contributed by atoms with Crippen molar-refractivity contribution >= 4 is 0 Å². The van der Waals surface area contributed by atoms with Crippen LogP contribution in [-0.2, 0) is 0 Å². The maximum Gasteiger partial charge on any atom is 0.0558 e. The summed E-state index contributed by atoms with van der Waals surface area (Å²) in [6.45, 7) is 8.13. The molecular weight excluding hydrogens is 152 g/mol. The van der Waals surface area contributed by atoms with Crippen molar-refractivity contribution in [3.05, 3.63) is 0 Å². The molecule has 0 aromatic carbocycles. The Morgan fingerprint density at radius 2 is 1.92 bits per heavy atom. The van der Waals surface area contributed by atoms with E-state index in [1.54, 1.807) is 0 Å². The summed E-state index contributed by atoms with van der Waals surface area (Å²) in [5, 5.41) is 8.83.